The Labute approximate surface area is 117 Å². The van der Waals surface area contributed by atoms with Crippen molar-refractivity contribution in [2.24, 2.45) is 5.73 Å². The lowest BCUT2D eigenvalue weighted by Gasteiger charge is -2.19. The van der Waals surface area contributed by atoms with Crippen LogP contribution >= 0.6 is 0 Å². The van der Waals surface area contributed by atoms with Crippen LogP contribution in [0.25, 0.3) is 0 Å². The number of aromatic nitrogens is 2. The number of hydrogen-bond acceptors (Lipinski definition) is 5. The second kappa shape index (κ2) is 5.51. The van der Waals surface area contributed by atoms with Crippen molar-refractivity contribution < 1.29 is 14.3 Å². The van der Waals surface area contributed by atoms with Gasteiger partial charge in [-0.3, -0.25) is 9.48 Å². The molecule has 110 valence electrons. The Bertz CT molecular complexity index is 476. The Morgan fingerprint density at radius 3 is 3.20 bits per heavy atom. The number of hydrogen-bond donors (Lipinski definition) is 2. The minimum absolute atomic E-state index is 0.216. The van der Waals surface area contributed by atoms with Crippen LogP contribution in [0.5, 0.6) is 0 Å². The van der Waals surface area contributed by atoms with E-state index in [1.165, 1.54) is 0 Å². The molecule has 0 radical (unpaired) electrons. The first-order chi connectivity index (χ1) is 9.66. The average Bonchev–Trinajstić information content (AvgIpc) is 3.13. The summed E-state index contributed by atoms with van der Waals surface area (Å²) in [5, 5.41) is 7.03. The van der Waals surface area contributed by atoms with E-state index in [-0.39, 0.29) is 18.6 Å². The van der Waals surface area contributed by atoms with Crippen LogP contribution in [0.4, 0.5) is 5.69 Å². The highest BCUT2D eigenvalue weighted by atomic mass is 16.5. The summed E-state index contributed by atoms with van der Waals surface area (Å²) in [7, 11) is 0. The van der Waals surface area contributed by atoms with E-state index < -0.39 is 5.54 Å². The third kappa shape index (κ3) is 2.84. The zero-order valence-electron chi connectivity index (χ0n) is 11.4. The smallest absolute Gasteiger partial charge is 0.247 e. The minimum Gasteiger partial charge on any atom is -0.379 e. The molecule has 1 aromatic rings. The van der Waals surface area contributed by atoms with Crippen molar-refractivity contribution in [3.05, 3.63) is 12.4 Å². The molecule has 0 saturated carbocycles. The Morgan fingerprint density at radius 2 is 2.50 bits per heavy atom. The lowest BCUT2D eigenvalue weighted by atomic mass is 9.99. The van der Waals surface area contributed by atoms with Gasteiger partial charge in [0, 0.05) is 19.4 Å². The van der Waals surface area contributed by atoms with E-state index in [9.17, 15) is 4.79 Å². The molecule has 3 heterocycles. The van der Waals surface area contributed by atoms with Gasteiger partial charge in [-0.2, -0.15) is 5.10 Å². The maximum atomic E-state index is 12.1. The molecule has 1 amide bonds. The summed E-state index contributed by atoms with van der Waals surface area (Å²) in [4.78, 5) is 12.1. The second-order valence-corrected chi connectivity index (χ2v) is 5.50. The minimum atomic E-state index is -0.920. The van der Waals surface area contributed by atoms with Gasteiger partial charge in [0.1, 0.15) is 5.54 Å². The topological polar surface area (TPSA) is 91.4 Å². The van der Waals surface area contributed by atoms with E-state index >= 15 is 0 Å². The molecule has 1 aromatic heterocycles. The molecule has 20 heavy (non-hydrogen) atoms. The molecule has 0 aliphatic carbocycles. The predicted molar refractivity (Wildman–Crippen MR) is 72.2 cm³/mol. The summed E-state index contributed by atoms with van der Waals surface area (Å²) < 4.78 is 12.5. The van der Waals surface area contributed by atoms with E-state index in [2.05, 4.69) is 10.4 Å². The van der Waals surface area contributed by atoms with Crippen molar-refractivity contribution in [3.63, 3.8) is 0 Å². The van der Waals surface area contributed by atoms with E-state index in [0.29, 0.717) is 25.3 Å². The van der Waals surface area contributed by atoms with Gasteiger partial charge in [-0.05, 0) is 19.3 Å². The summed E-state index contributed by atoms with van der Waals surface area (Å²) in [6, 6.07) is 0. The van der Waals surface area contributed by atoms with E-state index in [0.717, 1.165) is 19.4 Å². The fourth-order valence-corrected chi connectivity index (χ4v) is 2.54. The van der Waals surface area contributed by atoms with Gasteiger partial charge in [0.15, 0.2) is 0 Å². The molecule has 2 atom stereocenters. The number of nitrogens with one attached hydrogen (secondary N) is 1. The SMILES string of the molecule is NC1(C(=O)Nc2cnn(CC3CCCO3)c2)CCOC1. The Hall–Kier alpha value is -1.44. The van der Waals surface area contributed by atoms with Gasteiger partial charge in [-0.25, -0.2) is 0 Å². The number of carbonyl (C=O) groups excluding carboxylic acids is 1. The summed E-state index contributed by atoms with van der Waals surface area (Å²) in [5.41, 5.74) is 5.74. The lowest BCUT2D eigenvalue weighted by Crippen LogP contribution is -2.51. The van der Waals surface area contributed by atoms with Crippen LogP contribution in [0.15, 0.2) is 12.4 Å². The zero-order valence-corrected chi connectivity index (χ0v) is 11.4. The molecule has 2 aliphatic rings. The van der Waals surface area contributed by atoms with Gasteiger partial charge in [0.2, 0.25) is 5.91 Å². The first-order valence-electron chi connectivity index (χ1n) is 6.98. The van der Waals surface area contributed by atoms with Crippen molar-refractivity contribution in [2.75, 3.05) is 25.1 Å². The molecule has 0 aromatic carbocycles. The quantitative estimate of drug-likeness (QED) is 0.817. The monoisotopic (exact) mass is 280 g/mol. The van der Waals surface area contributed by atoms with Crippen LogP contribution in [0, 0.1) is 0 Å². The highest BCUT2D eigenvalue weighted by Gasteiger charge is 2.38. The van der Waals surface area contributed by atoms with Crippen molar-refractivity contribution in [1.82, 2.24) is 9.78 Å². The fraction of sp³-hybridized carbons (Fsp3) is 0.692. The largest absolute Gasteiger partial charge is 0.379 e. The summed E-state index contributed by atoms with van der Waals surface area (Å²) in [6.07, 6.45) is 6.37. The van der Waals surface area contributed by atoms with Crippen LogP contribution in [-0.4, -0.2) is 47.2 Å². The number of anilines is 1. The second-order valence-electron chi connectivity index (χ2n) is 5.50. The zero-order chi connectivity index (χ0) is 14.0. The van der Waals surface area contributed by atoms with Crippen LogP contribution in [0.3, 0.4) is 0 Å². The first-order valence-corrected chi connectivity index (χ1v) is 6.98. The van der Waals surface area contributed by atoms with Crippen LogP contribution in [0.2, 0.25) is 0 Å². The van der Waals surface area contributed by atoms with E-state index in [4.69, 9.17) is 15.2 Å². The van der Waals surface area contributed by atoms with Gasteiger partial charge in [-0.1, -0.05) is 0 Å². The molecule has 3 N–H and O–H groups in total. The number of nitrogens with zero attached hydrogens (tertiary/aromatic N) is 2. The van der Waals surface area contributed by atoms with Crippen LogP contribution in [-0.2, 0) is 20.8 Å². The molecule has 2 saturated heterocycles. The third-order valence-corrected chi connectivity index (χ3v) is 3.81. The number of nitrogens with two attached hydrogens (primary N) is 1. The molecule has 3 rings (SSSR count). The Morgan fingerprint density at radius 1 is 1.60 bits per heavy atom. The number of ether oxygens (including phenoxy) is 2. The number of amides is 1. The van der Waals surface area contributed by atoms with Crippen LogP contribution in [0.1, 0.15) is 19.3 Å². The van der Waals surface area contributed by atoms with Crippen LogP contribution < -0.4 is 11.1 Å². The third-order valence-electron chi connectivity index (χ3n) is 3.81. The maximum Gasteiger partial charge on any atom is 0.247 e. The standard InChI is InChI=1S/C13H20N4O3/c14-13(3-5-19-9-13)12(18)16-10-6-15-17(7-10)8-11-2-1-4-20-11/h6-7,11H,1-5,8-9,14H2,(H,16,18). The summed E-state index contributed by atoms with van der Waals surface area (Å²) >= 11 is 0. The highest BCUT2D eigenvalue weighted by molar-refractivity contribution is 5.98. The molecule has 7 heteroatoms. The van der Waals surface area contributed by atoms with Crippen molar-refractivity contribution in [3.8, 4) is 0 Å². The van der Waals surface area contributed by atoms with Gasteiger partial charge in [-0.15, -0.1) is 0 Å². The van der Waals surface area contributed by atoms with Crippen molar-refractivity contribution in [1.29, 1.82) is 0 Å². The molecule has 7 nitrogen and oxygen atoms in total. The number of carbonyl (C=O) groups is 1. The molecule has 2 unspecified atom stereocenters. The van der Waals surface area contributed by atoms with E-state index in [1.807, 2.05) is 0 Å². The maximum absolute atomic E-state index is 12.1. The van der Waals surface area contributed by atoms with Gasteiger partial charge < -0.3 is 20.5 Å². The highest BCUT2D eigenvalue weighted by Crippen LogP contribution is 2.19. The van der Waals surface area contributed by atoms with Gasteiger partial charge in [0.05, 0.1) is 31.1 Å². The number of rotatable bonds is 4. The Balaban J connectivity index is 1.57. The molecule has 0 spiro atoms. The molecule has 2 fully saturated rings. The normalized spacial score (nSPS) is 29.8. The van der Waals surface area contributed by atoms with Crippen molar-refractivity contribution in [2.45, 2.75) is 37.5 Å². The summed E-state index contributed by atoms with van der Waals surface area (Å²) in [6.45, 7) is 2.34. The average molecular weight is 280 g/mol. The van der Waals surface area contributed by atoms with E-state index in [1.54, 1.807) is 17.1 Å². The Kier molecular flexibility index (Phi) is 3.73. The fourth-order valence-electron chi connectivity index (χ4n) is 2.54. The predicted octanol–water partition coefficient (Wildman–Crippen LogP) is 0.118. The molecular formula is C13H20N4O3. The lowest BCUT2D eigenvalue weighted by molar-refractivity contribution is -0.121. The molecule has 0 bridgehead atoms. The van der Waals surface area contributed by atoms with Gasteiger partial charge >= 0.3 is 0 Å². The summed E-state index contributed by atoms with van der Waals surface area (Å²) in [5.74, 6) is -0.216. The molecular weight excluding hydrogens is 260 g/mol. The van der Waals surface area contributed by atoms with Crippen molar-refractivity contribution >= 4 is 11.6 Å². The molecule has 2 aliphatic heterocycles. The first kappa shape index (κ1) is 13.5. The van der Waals surface area contributed by atoms with Gasteiger partial charge in [0.25, 0.3) is 0 Å².